The van der Waals surface area contributed by atoms with Gasteiger partial charge in [-0.15, -0.1) is 0 Å². The Labute approximate surface area is 360 Å². The van der Waals surface area contributed by atoms with Gasteiger partial charge in [-0.25, -0.2) is 27.1 Å². The van der Waals surface area contributed by atoms with Gasteiger partial charge >= 0.3 is 11.4 Å². The summed E-state index contributed by atoms with van der Waals surface area (Å²) in [5.41, 5.74) is 4.73. The van der Waals surface area contributed by atoms with Gasteiger partial charge in [-0.05, 0) is 130 Å². The first-order valence-electron chi connectivity index (χ1n) is 21.1. The molecule has 1 aliphatic carbocycles. The molecule has 0 unspecified atom stereocenters. The number of carbonyl (C=O) groups is 1. The summed E-state index contributed by atoms with van der Waals surface area (Å²) in [5, 5.41) is 10.1. The number of aromatic nitrogens is 7. The largest absolute Gasteiger partial charge is 0.438 e. The molecule has 0 spiro atoms. The van der Waals surface area contributed by atoms with Gasteiger partial charge in [0.1, 0.15) is 22.9 Å². The molecular weight excluding hydrogens is 830 g/mol. The molecule has 16 nitrogen and oxygen atoms in total. The van der Waals surface area contributed by atoms with Crippen molar-refractivity contribution in [2.45, 2.75) is 76.8 Å². The third kappa shape index (κ3) is 6.82. The number of H-pyrrole nitrogens is 1. The number of ether oxygens (including phenoxy) is 1. The molecule has 10 rings (SSSR count). The predicted molar refractivity (Wildman–Crippen MR) is 232 cm³/mol. The number of nitrogens with one attached hydrogen (secondary N) is 2. The van der Waals surface area contributed by atoms with Gasteiger partial charge in [0, 0.05) is 60.7 Å². The molecule has 6 heterocycles. The number of hydrogen-bond acceptors (Lipinski definition) is 9. The van der Waals surface area contributed by atoms with E-state index in [4.69, 9.17) is 14.4 Å². The summed E-state index contributed by atoms with van der Waals surface area (Å²) < 4.78 is 58.5. The fourth-order valence-corrected chi connectivity index (χ4v) is 10.4. The average molecular weight is 876 g/mol. The van der Waals surface area contributed by atoms with Crippen LogP contribution in [-0.4, -0.2) is 78.9 Å². The van der Waals surface area contributed by atoms with Crippen molar-refractivity contribution in [3.63, 3.8) is 0 Å². The first-order valence-corrected chi connectivity index (χ1v) is 23.0. The van der Waals surface area contributed by atoms with Crippen LogP contribution in [0.4, 0.5) is 10.1 Å². The number of imidazole rings is 1. The van der Waals surface area contributed by atoms with E-state index in [1.165, 1.54) is 14.7 Å². The van der Waals surface area contributed by atoms with Crippen LogP contribution in [0.3, 0.4) is 0 Å². The van der Waals surface area contributed by atoms with Crippen LogP contribution >= 0.6 is 0 Å². The summed E-state index contributed by atoms with van der Waals surface area (Å²) in [6, 6.07) is 17.5. The van der Waals surface area contributed by atoms with E-state index < -0.39 is 33.0 Å². The van der Waals surface area contributed by atoms with Gasteiger partial charge in [-0.1, -0.05) is 11.2 Å². The van der Waals surface area contributed by atoms with Crippen molar-refractivity contribution < 1.29 is 26.9 Å². The van der Waals surface area contributed by atoms with Crippen molar-refractivity contribution in [2.75, 3.05) is 30.7 Å². The van der Waals surface area contributed by atoms with E-state index in [2.05, 4.69) is 33.1 Å². The number of nitrogens with zero attached hydrogens (tertiary/aromatic N) is 7. The van der Waals surface area contributed by atoms with Gasteiger partial charge < -0.3 is 14.2 Å². The van der Waals surface area contributed by atoms with E-state index in [1.807, 2.05) is 17.6 Å². The maximum Gasteiger partial charge on any atom is 0.438 e. The number of rotatable bonds is 9. The molecule has 326 valence electrons. The molecule has 2 N–H and O–H groups in total. The highest BCUT2D eigenvalue weighted by molar-refractivity contribution is 7.92. The number of aryl methyl sites for hydroxylation is 2. The normalized spacial score (nSPS) is 17.8. The number of fused-ring (bicyclic) bond motifs is 2. The number of anilines is 1. The maximum absolute atomic E-state index is 15.4. The first-order chi connectivity index (χ1) is 30.2. The lowest BCUT2D eigenvalue weighted by atomic mass is 9.75. The second-order valence-corrected chi connectivity index (χ2v) is 18.8. The average Bonchev–Trinajstić information content (AvgIpc) is 4.04. The van der Waals surface area contributed by atoms with Crippen LogP contribution in [0.2, 0.25) is 0 Å². The van der Waals surface area contributed by atoms with Crippen LogP contribution in [0.1, 0.15) is 95.2 Å². The molecule has 2 aliphatic heterocycles. The topological polar surface area (TPSA) is 184 Å². The van der Waals surface area contributed by atoms with Gasteiger partial charge in [-0.3, -0.25) is 28.2 Å². The molecule has 1 saturated heterocycles. The molecule has 3 aromatic carbocycles. The van der Waals surface area contributed by atoms with Gasteiger partial charge in [0.05, 0.1) is 29.4 Å². The lowest BCUT2D eigenvalue weighted by molar-refractivity contribution is 0.0648. The Morgan fingerprint density at radius 2 is 1.67 bits per heavy atom. The summed E-state index contributed by atoms with van der Waals surface area (Å²) in [6.07, 6.45) is 8.60. The van der Waals surface area contributed by atoms with Crippen LogP contribution in [0.5, 0.6) is 0 Å². The van der Waals surface area contributed by atoms with E-state index >= 15 is 9.18 Å². The van der Waals surface area contributed by atoms with Crippen LogP contribution in [0.25, 0.3) is 28.1 Å². The highest BCUT2D eigenvalue weighted by Gasteiger charge is 2.48. The minimum atomic E-state index is -3.51. The smallest absolute Gasteiger partial charge is 0.381 e. The van der Waals surface area contributed by atoms with E-state index in [-0.39, 0.29) is 11.7 Å². The standard InChI is InChI=1S/C45H46FN9O7S/c1-26-22-34(23-27(2)39(26)46)55-40(53-19-18-52(44(53)58)33-9-7-32(8-10-33)50-63(4,59)60)38-28(3)51(17-12-35(38)48-55)41(56)37-25-31-24-30(29-13-20-61-21-14-29)6-11-36(31)54(37)45(15-5-16-45)42-47-43(57)62-49-42/h6-11,18-19,22-25,28-29,50H,5,12-17,20-21H2,1-4H3,(H,47,49,57)/t28-/m0/s1. The fraction of sp³-hybridized carbons (Fsp3) is 0.356. The second kappa shape index (κ2) is 15.1. The lowest BCUT2D eigenvalue weighted by Gasteiger charge is -2.43. The summed E-state index contributed by atoms with van der Waals surface area (Å²) in [5.74, 6) is -0.152. The Kier molecular flexibility index (Phi) is 9.70. The third-order valence-corrected chi connectivity index (χ3v) is 13.7. The number of halogens is 1. The second-order valence-electron chi connectivity index (χ2n) is 17.1. The summed E-state index contributed by atoms with van der Waals surface area (Å²) in [4.78, 5) is 46.9. The minimum Gasteiger partial charge on any atom is -0.381 e. The van der Waals surface area contributed by atoms with E-state index in [0.29, 0.717) is 102 Å². The zero-order valence-electron chi connectivity index (χ0n) is 35.2. The Balaban J connectivity index is 1.10. The molecule has 7 aromatic rings. The first kappa shape index (κ1) is 40.5. The van der Waals surface area contributed by atoms with Crippen LogP contribution in [0, 0.1) is 19.7 Å². The van der Waals surface area contributed by atoms with Gasteiger partial charge in [-0.2, -0.15) is 5.10 Å². The van der Waals surface area contributed by atoms with E-state index in [9.17, 15) is 18.0 Å². The van der Waals surface area contributed by atoms with Crippen molar-refractivity contribution in [3.05, 3.63) is 139 Å². The lowest BCUT2D eigenvalue weighted by Crippen LogP contribution is -2.46. The Bertz CT molecular complexity index is 3160. The number of amides is 1. The fourth-order valence-electron chi connectivity index (χ4n) is 9.82. The van der Waals surface area contributed by atoms with E-state index in [1.54, 1.807) is 72.2 Å². The summed E-state index contributed by atoms with van der Waals surface area (Å²) in [7, 11) is -3.51. The van der Waals surface area contributed by atoms with Crippen molar-refractivity contribution in [3.8, 4) is 17.2 Å². The van der Waals surface area contributed by atoms with Crippen molar-refractivity contribution in [1.29, 1.82) is 0 Å². The number of aromatic amines is 1. The number of sulfonamides is 1. The molecule has 1 amide bonds. The number of hydrogen-bond donors (Lipinski definition) is 2. The highest BCUT2D eigenvalue weighted by Crippen LogP contribution is 2.47. The zero-order valence-corrected chi connectivity index (χ0v) is 36.0. The zero-order chi connectivity index (χ0) is 43.9. The van der Waals surface area contributed by atoms with Gasteiger partial charge in [0.2, 0.25) is 10.0 Å². The Hall–Kier alpha value is -6.53. The van der Waals surface area contributed by atoms with E-state index in [0.717, 1.165) is 36.4 Å². The Morgan fingerprint density at radius 3 is 2.32 bits per heavy atom. The molecule has 0 bridgehead atoms. The number of carbonyl (C=O) groups excluding carboxylic acids is 1. The van der Waals surface area contributed by atoms with Gasteiger partial charge in [0.15, 0.2) is 5.82 Å². The minimum absolute atomic E-state index is 0.242. The van der Waals surface area contributed by atoms with Gasteiger partial charge in [0.25, 0.3) is 5.91 Å². The van der Waals surface area contributed by atoms with Crippen LogP contribution < -0.4 is 16.2 Å². The monoisotopic (exact) mass is 875 g/mol. The number of benzene rings is 3. The molecule has 63 heavy (non-hydrogen) atoms. The summed E-state index contributed by atoms with van der Waals surface area (Å²) in [6.45, 7) is 6.98. The molecule has 1 saturated carbocycles. The van der Waals surface area contributed by atoms with Crippen molar-refractivity contribution >= 4 is 32.5 Å². The maximum atomic E-state index is 15.4. The molecule has 1 atom stereocenters. The highest BCUT2D eigenvalue weighted by atomic mass is 32.2. The third-order valence-electron chi connectivity index (χ3n) is 13.1. The molecule has 0 radical (unpaired) electrons. The molecule has 18 heteroatoms. The summed E-state index contributed by atoms with van der Waals surface area (Å²) >= 11 is 0. The van der Waals surface area contributed by atoms with Crippen molar-refractivity contribution in [1.82, 2.24) is 38.5 Å². The predicted octanol–water partition coefficient (Wildman–Crippen LogP) is 6.15. The quantitative estimate of drug-likeness (QED) is 0.172. The van der Waals surface area contributed by atoms with Crippen molar-refractivity contribution in [2.24, 2.45) is 0 Å². The Morgan fingerprint density at radius 1 is 0.952 bits per heavy atom. The van der Waals surface area contributed by atoms with Crippen LogP contribution in [0.15, 0.2) is 87.2 Å². The molecule has 4 aromatic heterocycles. The molecule has 3 aliphatic rings. The molecular formula is C45H46FN9O7S. The van der Waals surface area contributed by atoms with Crippen LogP contribution in [-0.2, 0) is 26.7 Å². The SMILES string of the molecule is Cc1cc(-n2nc3c(c2-n2ccn(-c4ccc(NS(C)(=O)=O)cc4)c2=O)[C@H](C)N(C(=O)c2cc4cc(C5CCOCC5)ccc4n2C2(c4noc(=O)[nH]4)CCC2)CC3)cc(C)c1F. The molecule has 2 fully saturated rings.